The molecule has 2 aromatic rings. The summed E-state index contributed by atoms with van der Waals surface area (Å²) in [7, 11) is 1.30. The van der Waals surface area contributed by atoms with E-state index in [2.05, 4.69) is 10.1 Å². The Morgan fingerprint density at radius 3 is 2.46 bits per heavy atom. The van der Waals surface area contributed by atoms with Gasteiger partial charge in [0.05, 0.1) is 30.3 Å². The summed E-state index contributed by atoms with van der Waals surface area (Å²) in [6.07, 6.45) is 0.0995. The van der Waals surface area contributed by atoms with Crippen molar-refractivity contribution in [2.24, 2.45) is 0 Å². The van der Waals surface area contributed by atoms with Gasteiger partial charge in [-0.15, -0.1) is 0 Å². The van der Waals surface area contributed by atoms with Crippen LogP contribution in [0.4, 0.5) is 5.82 Å². The number of methoxy groups -OCH3 is 1. The molecule has 24 heavy (non-hydrogen) atoms. The standard InChI is InChI=1S/C16H13N3O5/c1-24-12(21)6-8-2-4-9(5-3-8)19-11(20)7-10-13(14(19)17)16(23)18-15(10)22/h2-5,7H,6,17H2,1H3,(H,18,22,23). The third-order valence-electron chi connectivity index (χ3n) is 3.72. The molecule has 1 aliphatic heterocycles. The highest BCUT2D eigenvalue weighted by atomic mass is 16.5. The van der Waals surface area contributed by atoms with Crippen molar-refractivity contribution in [3.05, 3.63) is 57.4 Å². The van der Waals surface area contributed by atoms with Crippen LogP contribution in [0, 0.1) is 0 Å². The van der Waals surface area contributed by atoms with Gasteiger partial charge >= 0.3 is 5.97 Å². The number of amides is 2. The van der Waals surface area contributed by atoms with Gasteiger partial charge in [-0.25, -0.2) is 0 Å². The Labute approximate surface area is 135 Å². The van der Waals surface area contributed by atoms with E-state index in [1.54, 1.807) is 24.3 Å². The summed E-state index contributed by atoms with van der Waals surface area (Å²) in [4.78, 5) is 47.0. The summed E-state index contributed by atoms with van der Waals surface area (Å²) < 4.78 is 5.73. The van der Waals surface area contributed by atoms with Crippen LogP contribution in [0.1, 0.15) is 26.3 Å². The number of esters is 1. The molecule has 2 amide bonds. The molecule has 0 saturated heterocycles. The van der Waals surface area contributed by atoms with E-state index in [9.17, 15) is 19.2 Å². The van der Waals surface area contributed by atoms with Gasteiger partial charge in [0.1, 0.15) is 5.82 Å². The maximum atomic E-state index is 12.3. The van der Waals surface area contributed by atoms with Crippen molar-refractivity contribution in [2.75, 3.05) is 12.8 Å². The van der Waals surface area contributed by atoms with E-state index in [0.717, 1.165) is 10.6 Å². The number of carbonyl (C=O) groups excluding carboxylic acids is 3. The second-order valence-corrected chi connectivity index (χ2v) is 5.19. The minimum Gasteiger partial charge on any atom is -0.469 e. The Kier molecular flexibility index (Phi) is 3.64. The van der Waals surface area contributed by atoms with Gasteiger partial charge in [0.2, 0.25) is 0 Å². The highest BCUT2D eigenvalue weighted by molar-refractivity contribution is 6.23. The number of aromatic nitrogens is 1. The number of pyridine rings is 1. The van der Waals surface area contributed by atoms with Gasteiger partial charge in [-0.2, -0.15) is 0 Å². The first-order chi connectivity index (χ1) is 11.4. The number of hydrogen-bond donors (Lipinski definition) is 2. The topological polar surface area (TPSA) is 120 Å². The van der Waals surface area contributed by atoms with Gasteiger partial charge < -0.3 is 10.5 Å². The maximum absolute atomic E-state index is 12.3. The fourth-order valence-corrected chi connectivity index (χ4v) is 2.55. The summed E-state index contributed by atoms with van der Waals surface area (Å²) in [6.45, 7) is 0. The number of anilines is 1. The highest BCUT2D eigenvalue weighted by Crippen LogP contribution is 2.22. The zero-order valence-corrected chi connectivity index (χ0v) is 12.7. The van der Waals surface area contributed by atoms with E-state index < -0.39 is 17.4 Å². The third kappa shape index (κ3) is 2.43. The summed E-state index contributed by atoms with van der Waals surface area (Å²) in [6, 6.07) is 7.57. The van der Waals surface area contributed by atoms with E-state index >= 15 is 0 Å². The lowest BCUT2D eigenvalue weighted by atomic mass is 10.1. The van der Waals surface area contributed by atoms with Crippen LogP contribution in [0.5, 0.6) is 0 Å². The average Bonchev–Trinajstić information content (AvgIpc) is 2.83. The molecule has 0 aliphatic carbocycles. The monoisotopic (exact) mass is 327 g/mol. The predicted octanol–water partition coefficient (Wildman–Crippen LogP) is 0.0188. The first-order valence-corrected chi connectivity index (χ1v) is 6.99. The molecule has 0 radical (unpaired) electrons. The summed E-state index contributed by atoms with van der Waals surface area (Å²) in [5, 5.41) is 2.10. The SMILES string of the molecule is COC(=O)Cc1ccc(-n2c(N)c3c(cc2=O)C(=O)NC3=O)cc1. The number of nitrogens with zero attached hydrogens (tertiary/aromatic N) is 1. The smallest absolute Gasteiger partial charge is 0.309 e. The molecular formula is C16H13N3O5. The van der Waals surface area contributed by atoms with Crippen LogP contribution in [0.3, 0.4) is 0 Å². The molecule has 0 fully saturated rings. The minimum atomic E-state index is -0.639. The Morgan fingerprint density at radius 1 is 1.17 bits per heavy atom. The van der Waals surface area contributed by atoms with Crippen LogP contribution in [-0.4, -0.2) is 29.5 Å². The highest BCUT2D eigenvalue weighted by Gasteiger charge is 2.31. The Balaban J connectivity index is 2.06. The molecule has 3 N–H and O–H groups in total. The summed E-state index contributed by atoms with van der Waals surface area (Å²) in [5.41, 5.74) is 6.48. The van der Waals surface area contributed by atoms with Crippen LogP contribution in [0.2, 0.25) is 0 Å². The minimum absolute atomic E-state index is 0.0155. The zero-order chi connectivity index (χ0) is 17.4. The number of benzene rings is 1. The van der Waals surface area contributed by atoms with E-state index in [4.69, 9.17) is 5.73 Å². The summed E-state index contributed by atoms with van der Waals surface area (Å²) >= 11 is 0. The van der Waals surface area contributed by atoms with Crippen molar-refractivity contribution in [2.45, 2.75) is 6.42 Å². The number of fused-ring (bicyclic) bond motifs is 1. The number of hydrogen-bond acceptors (Lipinski definition) is 6. The zero-order valence-electron chi connectivity index (χ0n) is 12.7. The third-order valence-corrected chi connectivity index (χ3v) is 3.72. The maximum Gasteiger partial charge on any atom is 0.309 e. The Bertz CT molecular complexity index is 928. The molecule has 0 unspecified atom stereocenters. The van der Waals surface area contributed by atoms with Crippen LogP contribution in [-0.2, 0) is 16.0 Å². The molecule has 122 valence electrons. The normalized spacial score (nSPS) is 12.7. The lowest BCUT2D eigenvalue weighted by Crippen LogP contribution is -2.24. The molecule has 3 rings (SSSR count). The van der Waals surface area contributed by atoms with Gasteiger partial charge in [0.15, 0.2) is 0 Å². The summed E-state index contributed by atoms with van der Waals surface area (Å²) in [5.74, 6) is -1.77. The van der Waals surface area contributed by atoms with Crippen LogP contribution >= 0.6 is 0 Å². The van der Waals surface area contributed by atoms with Gasteiger partial charge in [-0.3, -0.25) is 29.1 Å². The predicted molar refractivity (Wildman–Crippen MR) is 84.0 cm³/mol. The van der Waals surface area contributed by atoms with Crippen LogP contribution in [0.15, 0.2) is 35.1 Å². The fraction of sp³-hybridized carbons (Fsp3) is 0.125. The fourth-order valence-electron chi connectivity index (χ4n) is 2.55. The van der Waals surface area contributed by atoms with Crippen LogP contribution in [0.25, 0.3) is 5.69 Å². The number of carbonyl (C=O) groups is 3. The van der Waals surface area contributed by atoms with Crippen molar-refractivity contribution in [1.82, 2.24) is 9.88 Å². The van der Waals surface area contributed by atoms with E-state index in [-0.39, 0.29) is 29.3 Å². The van der Waals surface area contributed by atoms with Crippen molar-refractivity contribution >= 4 is 23.6 Å². The van der Waals surface area contributed by atoms with Crippen LogP contribution < -0.4 is 16.6 Å². The number of nitrogens with two attached hydrogens (primary N) is 1. The second kappa shape index (κ2) is 5.65. The molecule has 0 saturated carbocycles. The molecule has 1 aromatic heterocycles. The number of nitrogen functional groups attached to an aromatic ring is 1. The first-order valence-electron chi connectivity index (χ1n) is 6.99. The molecule has 2 heterocycles. The average molecular weight is 327 g/mol. The van der Waals surface area contributed by atoms with Crippen molar-refractivity contribution in [1.29, 1.82) is 0 Å². The molecule has 0 atom stereocenters. The number of rotatable bonds is 3. The number of nitrogens with one attached hydrogen (secondary N) is 1. The largest absolute Gasteiger partial charge is 0.469 e. The molecule has 0 bridgehead atoms. The molecule has 8 heteroatoms. The van der Waals surface area contributed by atoms with Gasteiger partial charge in [0, 0.05) is 6.07 Å². The first kappa shape index (κ1) is 15.5. The molecule has 1 aliphatic rings. The molecular weight excluding hydrogens is 314 g/mol. The number of ether oxygens (including phenoxy) is 1. The van der Waals surface area contributed by atoms with Gasteiger partial charge in [-0.1, -0.05) is 12.1 Å². The van der Waals surface area contributed by atoms with E-state index in [1.807, 2.05) is 0 Å². The second-order valence-electron chi connectivity index (χ2n) is 5.19. The molecule has 8 nitrogen and oxygen atoms in total. The van der Waals surface area contributed by atoms with Crippen molar-refractivity contribution < 1.29 is 19.1 Å². The van der Waals surface area contributed by atoms with Gasteiger partial charge in [0.25, 0.3) is 17.4 Å². The molecule has 0 spiro atoms. The van der Waals surface area contributed by atoms with Crippen molar-refractivity contribution in [3.8, 4) is 5.69 Å². The quantitative estimate of drug-likeness (QED) is 0.605. The lowest BCUT2D eigenvalue weighted by molar-refractivity contribution is -0.139. The van der Waals surface area contributed by atoms with Gasteiger partial charge in [-0.05, 0) is 17.7 Å². The Morgan fingerprint density at radius 2 is 1.83 bits per heavy atom. The van der Waals surface area contributed by atoms with Crippen molar-refractivity contribution in [3.63, 3.8) is 0 Å². The lowest BCUT2D eigenvalue weighted by Gasteiger charge is -2.12. The Hall–Kier alpha value is -3.42. The van der Waals surface area contributed by atoms with E-state index in [0.29, 0.717) is 11.3 Å². The molecule has 1 aromatic carbocycles. The van der Waals surface area contributed by atoms with E-state index in [1.165, 1.54) is 7.11 Å². The number of imide groups is 1.